The van der Waals surface area contributed by atoms with E-state index in [1.54, 1.807) is 0 Å². The van der Waals surface area contributed by atoms with Crippen LogP contribution in [0.5, 0.6) is 0 Å². The number of rotatable bonds is 5. The van der Waals surface area contributed by atoms with Gasteiger partial charge in [-0.05, 0) is 12.8 Å². The van der Waals surface area contributed by atoms with Crippen molar-refractivity contribution in [3.63, 3.8) is 0 Å². The number of aromatic amines is 1. The predicted molar refractivity (Wildman–Crippen MR) is 68.3 cm³/mol. The monoisotopic (exact) mass is 281 g/mol. The standard InChI is InChI=1S/C12H15N3O5/c16-8-2-3-10(18)15(14-8)6-9(17)13-7-12(11(19)20)4-1-5-12/h2-3H,1,4-7H2,(H,13,17)(H,14,16)(H,19,20). The van der Waals surface area contributed by atoms with Gasteiger partial charge in [0.1, 0.15) is 6.54 Å². The van der Waals surface area contributed by atoms with Crippen LogP contribution < -0.4 is 16.4 Å². The van der Waals surface area contributed by atoms with Crippen LogP contribution >= 0.6 is 0 Å². The van der Waals surface area contributed by atoms with Gasteiger partial charge < -0.3 is 10.4 Å². The Balaban J connectivity index is 1.96. The van der Waals surface area contributed by atoms with Gasteiger partial charge in [-0.3, -0.25) is 24.3 Å². The van der Waals surface area contributed by atoms with Crippen molar-refractivity contribution in [3.05, 3.63) is 32.8 Å². The van der Waals surface area contributed by atoms with Crippen LogP contribution in [0.3, 0.4) is 0 Å². The van der Waals surface area contributed by atoms with E-state index in [1.165, 1.54) is 0 Å². The highest BCUT2D eigenvalue weighted by atomic mass is 16.4. The van der Waals surface area contributed by atoms with Crippen molar-refractivity contribution in [3.8, 4) is 0 Å². The number of H-pyrrole nitrogens is 1. The molecule has 0 saturated heterocycles. The fourth-order valence-corrected chi connectivity index (χ4v) is 2.12. The Hall–Kier alpha value is -2.38. The van der Waals surface area contributed by atoms with Crippen LogP contribution in [0.25, 0.3) is 0 Å². The molecule has 0 radical (unpaired) electrons. The molecular weight excluding hydrogens is 266 g/mol. The van der Waals surface area contributed by atoms with Gasteiger partial charge in [0.15, 0.2) is 0 Å². The van der Waals surface area contributed by atoms with E-state index in [2.05, 4.69) is 10.4 Å². The minimum Gasteiger partial charge on any atom is -0.481 e. The lowest BCUT2D eigenvalue weighted by atomic mass is 9.69. The number of hydrogen-bond donors (Lipinski definition) is 3. The maximum Gasteiger partial charge on any atom is 0.311 e. The van der Waals surface area contributed by atoms with E-state index in [-0.39, 0.29) is 13.1 Å². The molecule has 1 aromatic heterocycles. The molecule has 1 heterocycles. The van der Waals surface area contributed by atoms with Gasteiger partial charge in [0.25, 0.3) is 11.1 Å². The highest BCUT2D eigenvalue weighted by Crippen LogP contribution is 2.40. The quantitative estimate of drug-likeness (QED) is 0.633. The highest BCUT2D eigenvalue weighted by Gasteiger charge is 2.44. The molecule has 0 unspecified atom stereocenters. The molecule has 0 aliphatic heterocycles. The van der Waals surface area contributed by atoms with Crippen LogP contribution in [-0.2, 0) is 16.1 Å². The fourth-order valence-electron chi connectivity index (χ4n) is 2.12. The number of aromatic nitrogens is 2. The second kappa shape index (κ2) is 5.32. The second-order valence-corrected chi connectivity index (χ2v) is 4.95. The molecule has 2 rings (SSSR count). The third-order valence-corrected chi connectivity index (χ3v) is 3.58. The van der Waals surface area contributed by atoms with Crippen molar-refractivity contribution < 1.29 is 14.7 Å². The van der Waals surface area contributed by atoms with Gasteiger partial charge in [-0.15, -0.1) is 0 Å². The zero-order valence-electron chi connectivity index (χ0n) is 10.7. The average molecular weight is 281 g/mol. The van der Waals surface area contributed by atoms with E-state index in [0.717, 1.165) is 23.2 Å². The first-order valence-corrected chi connectivity index (χ1v) is 6.23. The van der Waals surface area contributed by atoms with E-state index in [1.807, 2.05) is 0 Å². The van der Waals surface area contributed by atoms with Crippen molar-refractivity contribution in [2.24, 2.45) is 5.41 Å². The predicted octanol–water partition coefficient (Wildman–Crippen LogP) is -1.09. The summed E-state index contributed by atoms with van der Waals surface area (Å²) in [5, 5.41) is 13.8. The molecule has 8 nitrogen and oxygen atoms in total. The van der Waals surface area contributed by atoms with Gasteiger partial charge >= 0.3 is 5.97 Å². The number of carbonyl (C=O) groups is 2. The number of carbonyl (C=O) groups excluding carboxylic acids is 1. The first-order chi connectivity index (χ1) is 9.43. The van der Waals surface area contributed by atoms with E-state index >= 15 is 0 Å². The van der Waals surface area contributed by atoms with Gasteiger partial charge in [-0.25, -0.2) is 4.68 Å². The molecule has 3 N–H and O–H groups in total. The summed E-state index contributed by atoms with van der Waals surface area (Å²) in [6.07, 6.45) is 1.89. The molecule has 0 bridgehead atoms. The SMILES string of the molecule is O=C(Cn1[nH]c(=O)ccc1=O)NCC1(C(=O)O)CCC1. The van der Waals surface area contributed by atoms with Crippen molar-refractivity contribution in [1.29, 1.82) is 0 Å². The zero-order valence-corrected chi connectivity index (χ0v) is 10.7. The lowest BCUT2D eigenvalue weighted by Gasteiger charge is -2.37. The third-order valence-electron chi connectivity index (χ3n) is 3.58. The number of aliphatic carboxylic acids is 1. The van der Waals surface area contributed by atoms with Crippen LogP contribution in [0.2, 0.25) is 0 Å². The Morgan fingerprint density at radius 2 is 2.05 bits per heavy atom. The second-order valence-electron chi connectivity index (χ2n) is 4.95. The Labute approximate surface area is 113 Å². The number of nitrogens with zero attached hydrogens (tertiary/aromatic N) is 1. The number of carboxylic acids is 1. The Kier molecular flexibility index (Phi) is 3.73. The maximum atomic E-state index is 11.7. The minimum absolute atomic E-state index is 0.0347. The van der Waals surface area contributed by atoms with Crippen molar-refractivity contribution in [2.45, 2.75) is 25.8 Å². The number of amides is 1. The first-order valence-electron chi connectivity index (χ1n) is 6.23. The van der Waals surface area contributed by atoms with Crippen molar-refractivity contribution in [2.75, 3.05) is 6.54 Å². The highest BCUT2D eigenvalue weighted by molar-refractivity contribution is 5.79. The van der Waals surface area contributed by atoms with Crippen molar-refractivity contribution >= 4 is 11.9 Å². The molecule has 108 valence electrons. The fraction of sp³-hybridized carbons (Fsp3) is 0.500. The summed E-state index contributed by atoms with van der Waals surface area (Å²) in [7, 11) is 0. The normalized spacial score (nSPS) is 16.2. The summed E-state index contributed by atoms with van der Waals surface area (Å²) in [5.74, 6) is -1.43. The van der Waals surface area contributed by atoms with Crippen molar-refractivity contribution in [1.82, 2.24) is 15.1 Å². The van der Waals surface area contributed by atoms with Gasteiger partial charge in [-0.1, -0.05) is 6.42 Å². The van der Waals surface area contributed by atoms with Gasteiger partial charge in [-0.2, -0.15) is 0 Å². The summed E-state index contributed by atoms with van der Waals surface area (Å²) >= 11 is 0. The molecule has 8 heteroatoms. The molecule has 1 saturated carbocycles. The molecule has 1 aliphatic carbocycles. The van der Waals surface area contributed by atoms with E-state index < -0.39 is 28.4 Å². The van der Waals surface area contributed by atoms with Crippen LogP contribution in [0.4, 0.5) is 0 Å². The molecule has 20 heavy (non-hydrogen) atoms. The number of carboxylic acid groups (broad SMARTS) is 1. The molecule has 0 atom stereocenters. The van der Waals surface area contributed by atoms with Crippen LogP contribution in [-0.4, -0.2) is 33.3 Å². The molecular formula is C12H15N3O5. The van der Waals surface area contributed by atoms with Gasteiger partial charge in [0.05, 0.1) is 5.41 Å². The topological polar surface area (TPSA) is 121 Å². The summed E-state index contributed by atoms with van der Waals surface area (Å²) < 4.78 is 0.881. The zero-order chi connectivity index (χ0) is 14.8. The molecule has 1 amide bonds. The number of nitrogens with one attached hydrogen (secondary N) is 2. The maximum absolute atomic E-state index is 11.7. The minimum atomic E-state index is -0.922. The average Bonchev–Trinajstić information content (AvgIpc) is 2.32. The van der Waals surface area contributed by atoms with E-state index in [9.17, 15) is 19.2 Å². The first kappa shape index (κ1) is 14.0. The largest absolute Gasteiger partial charge is 0.481 e. The number of hydrogen-bond acceptors (Lipinski definition) is 4. The van der Waals surface area contributed by atoms with Crippen LogP contribution in [0.1, 0.15) is 19.3 Å². The molecule has 1 aliphatic rings. The van der Waals surface area contributed by atoms with Crippen LogP contribution in [0, 0.1) is 5.41 Å². The van der Waals surface area contributed by atoms with E-state index in [4.69, 9.17) is 5.11 Å². The van der Waals surface area contributed by atoms with Gasteiger partial charge in [0.2, 0.25) is 5.91 Å². The molecule has 1 fully saturated rings. The van der Waals surface area contributed by atoms with E-state index in [0.29, 0.717) is 12.8 Å². The third kappa shape index (κ3) is 2.79. The summed E-state index contributed by atoms with van der Waals surface area (Å²) in [6.45, 7) is -0.308. The summed E-state index contributed by atoms with van der Waals surface area (Å²) in [5.41, 5.74) is -1.88. The summed E-state index contributed by atoms with van der Waals surface area (Å²) in [6, 6.07) is 2.14. The van der Waals surface area contributed by atoms with Crippen LogP contribution in [0.15, 0.2) is 21.7 Å². The molecule has 0 aromatic carbocycles. The Morgan fingerprint density at radius 3 is 2.60 bits per heavy atom. The molecule has 0 spiro atoms. The Bertz CT molecular complexity index is 641. The summed E-state index contributed by atoms with van der Waals surface area (Å²) in [4.78, 5) is 45.3. The Morgan fingerprint density at radius 1 is 1.35 bits per heavy atom. The lowest BCUT2D eigenvalue weighted by molar-refractivity contribution is -0.154. The lowest BCUT2D eigenvalue weighted by Crippen LogP contribution is -2.48. The smallest absolute Gasteiger partial charge is 0.311 e. The molecule has 1 aromatic rings. The van der Waals surface area contributed by atoms with Gasteiger partial charge in [0, 0.05) is 18.7 Å².